The minimum atomic E-state index is -0.381. The summed E-state index contributed by atoms with van der Waals surface area (Å²) >= 11 is 0. The van der Waals surface area contributed by atoms with Crippen molar-refractivity contribution in [2.75, 3.05) is 6.61 Å². The lowest BCUT2D eigenvalue weighted by Crippen LogP contribution is -2.43. The molecule has 0 aromatic heterocycles. The van der Waals surface area contributed by atoms with Crippen molar-refractivity contribution in [2.24, 2.45) is 5.41 Å². The Kier molecular flexibility index (Phi) is 5.10. The molecule has 1 N–H and O–H groups in total. The van der Waals surface area contributed by atoms with Gasteiger partial charge in [-0.25, -0.2) is 0 Å². The van der Waals surface area contributed by atoms with Gasteiger partial charge in [0.2, 0.25) is 0 Å². The molecule has 14 heavy (non-hydrogen) atoms. The highest BCUT2D eigenvalue weighted by molar-refractivity contribution is 4.88. The summed E-state index contributed by atoms with van der Waals surface area (Å²) in [4.78, 5) is 0. The van der Waals surface area contributed by atoms with Crippen LogP contribution >= 0.6 is 0 Å². The normalized spacial score (nSPS) is 19.1. The van der Waals surface area contributed by atoms with Crippen molar-refractivity contribution in [1.82, 2.24) is 0 Å². The Morgan fingerprint density at radius 2 is 1.71 bits per heavy atom. The zero-order chi connectivity index (χ0) is 11.4. The fourth-order valence-corrected chi connectivity index (χ4v) is 1.45. The molecule has 0 amide bonds. The summed E-state index contributed by atoms with van der Waals surface area (Å²) in [6.45, 7) is 13.0. The Morgan fingerprint density at radius 1 is 1.21 bits per heavy atom. The maximum Gasteiger partial charge on any atom is 0.0745 e. The molecule has 0 aromatic rings. The smallest absolute Gasteiger partial charge is 0.0745 e. The van der Waals surface area contributed by atoms with E-state index in [0.29, 0.717) is 6.61 Å². The Labute approximate surface area is 88.7 Å². The molecular weight excluding hydrogens is 176 g/mol. The van der Waals surface area contributed by atoms with Crippen molar-refractivity contribution < 1.29 is 9.84 Å². The number of aliphatic hydroxyl groups excluding tert-OH is 1. The first kappa shape index (κ1) is 13.9. The number of hydrogen-bond acceptors (Lipinski definition) is 2. The molecule has 86 valence electrons. The SMILES string of the molecule is CCCC(C)(OCC(C)O)C(C)(C)C. The molecule has 0 aromatic carbocycles. The maximum absolute atomic E-state index is 9.22. The number of hydrogen-bond donors (Lipinski definition) is 1. The molecule has 0 saturated heterocycles. The lowest BCUT2D eigenvalue weighted by Gasteiger charge is -2.42. The van der Waals surface area contributed by atoms with Gasteiger partial charge < -0.3 is 9.84 Å². The molecule has 0 spiro atoms. The summed E-state index contributed by atoms with van der Waals surface area (Å²) in [7, 11) is 0. The fourth-order valence-electron chi connectivity index (χ4n) is 1.45. The van der Waals surface area contributed by atoms with E-state index in [0.717, 1.165) is 12.8 Å². The van der Waals surface area contributed by atoms with Crippen LogP contribution in [0.1, 0.15) is 54.4 Å². The van der Waals surface area contributed by atoms with Crippen molar-refractivity contribution in [3.05, 3.63) is 0 Å². The molecule has 0 radical (unpaired) electrons. The van der Waals surface area contributed by atoms with Crippen LogP contribution in [0, 0.1) is 5.41 Å². The van der Waals surface area contributed by atoms with E-state index in [-0.39, 0.29) is 17.1 Å². The van der Waals surface area contributed by atoms with Crippen LogP contribution in [-0.4, -0.2) is 23.4 Å². The van der Waals surface area contributed by atoms with Gasteiger partial charge in [-0.3, -0.25) is 0 Å². The van der Waals surface area contributed by atoms with Crippen LogP contribution in [0.5, 0.6) is 0 Å². The van der Waals surface area contributed by atoms with Gasteiger partial charge in [0, 0.05) is 0 Å². The third-order valence-electron chi connectivity index (χ3n) is 2.96. The third kappa shape index (κ3) is 3.97. The second-order valence-corrected chi connectivity index (χ2v) is 5.39. The number of aliphatic hydroxyl groups is 1. The summed E-state index contributed by atoms with van der Waals surface area (Å²) in [5, 5.41) is 9.22. The van der Waals surface area contributed by atoms with E-state index in [4.69, 9.17) is 4.74 Å². The average molecular weight is 202 g/mol. The van der Waals surface area contributed by atoms with Crippen molar-refractivity contribution in [3.8, 4) is 0 Å². The molecular formula is C12H26O2. The zero-order valence-corrected chi connectivity index (χ0v) is 10.6. The van der Waals surface area contributed by atoms with E-state index in [1.807, 2.05) is 0 Å². The van der Waals surface area contributed by atoms with Crippen LogP contribution in [-0.2, 0) is 4.74 Å². The minimum Gasteiger partial charge on any atom is -0.391 e. The standard InChI is InChI=1S/C12H26O2/c1-7-8-12(6,11(3,4)5)14-9-10(2)13/h10,13H,7-9H2,1-6H3. The summed E-state index contributed by atoms with van der Waals surface area (Å²) in [6.07, 6.45) is 1.75. The molecule has 0 aliphatic rings. The molecule has 0 bridgehead atoms. The predicted molar refractivity (Wildman–Crippen MR) is 60.4 cm³/mol. The molecule has 2 unspecified atom stereocenters. The molecule has 0 fully saturated rings. The molecule has 0 aliphatic heterocycles. The Balaban J connectivity index is 4.40. The highest BCUT2D eigenvalue weighted by Gasteiger charge is 2.37. The topological polar surface area (TPSA) is 29.5 Å². The van der Waals surface area contributed by atoms with Crippen LogP contribution in [0.2, 0.25) is 0 Å². The first-order valence-corrected chi connectivity index (χ1v) is 5.55. The van der Waals surface area contributed by atoms with Gasteiger partial charge in [-0.1, -0.05) is 34.1 Å². The highest BCUT2D eigenvalue weighted by atomic mass is 16.5. The minimum absolute atomic E-state index is 0.109. The quantitative estimate of drug-likeness (QED) is 0.742. The molecule has 2 atom stereocenters. The van der Waals surface area contributed by atoms with Crippen LogP contribution in [0.15, 0.2) is 0 Å². The van der Waals surface area contributed by atoms with E-state index in [9.17, 15) is 5.11 Å². The van der Waals surface area contributed by atoms with E-state index < -0.39 is 0 Å². The Bertz CT molecular complexity index is 158. The van der Waals surface area contributed by atoms with Gasteiger partial charge in [0.1, 0.15) is 0 Å². The lowest BCUT2D eigenvalue weighted by molar-refractivity contribution is -0.129. The van der Waals surface area contributed by atoms with E-state index in [1.165, 1.54) is 0 Å². The summed E-state index contributed by atoms with van der Waals surface area (Å²) in [5.74, 6) is 0. The van der Waals surface area contributed by atoms with Gasteiger partial charge in [-0.2, -0.15) is 0 Å². The molecule has 0 saturated carbocycles. The number of ether oxygens (including phenoxy) is 1. The molecule has 0 aliphatic carbocycles. The van der Waals surface area contributed by atoms with Crippen LogP contribution in [0.3, 0.4) is 0 Å². The summed E-state index contributed by atoms with van der Waals surface area (Å²) < 4.78 is 5.85. The molecule has 2 heteroatoms. The van der Waals surface area contributed by atoms with Gasteiger partial charge >= 0.3 is 0 Å². The van der Waals surface area contributed by atoms with Gasteiger partial charge in [0.05, 0.1) is 18.3 Å². The van der Waals surface area contributed by atoms with Gasteiger partial charge in [-0.15, -0.1) is 0 Å². The maximum atomic E-state index is 9.22. The molecule has 2 nitrogen and oxygen atoms in total. The van der Waals surface area contributed by atoms with E-state index >= 15 is 0 Å². The summed E-state index contributed by atoms with van der Waals surface area (Å²) in [5.41, 5.74) is -0.0311. The lowest BCUT2D eigenvalue weighted by atomic mass is 9.75. The van der Waals surface area contributed by atoms with Gasteiger partial charge in [0.15, 0.2) is 0 Å². The molecule has 0 heterocycles. The van der Waals surface area contributed by atoms with Crippen LogP contribution in [0.25, 0.3) is 0 Å². The third-order valence-corrected chi connectivity index (χ3v) is 2.96. The zero-order valence-electron chi connectivity index (χ0n) is 10.6. The highest BCUT2D eigenvalue weighted by Crippen LogP contribution is 2.37. The van der Waals surface area contributed by atoms with E-state index in [1.54, 1.807) is 6.92 Å². The van der Waals surface area contributed by atoms with E-state index in [2.05, 4.69) is 34.6 Å². The molecule has 0 rings (SSSR count). The monoisotopic (exact) mass is 202 g/mol. The van der Waals surface area contributed by atoms with Crippen molar-refractivity contribution in [3.63, 3.8) is 0 Å². The average Bonchev–Trinajstić information content (AvgIpc) is 1.99. The first-order valence-electron chi connectivity index (χ1n) is 5.55. The van der Waals surface area contributed by atoms with Crippen molar-refractivity contribution in [2.45, 2.75) is 66.1 Å². The first-order chi connectivity index (χ1) is 6.23. The Morgan fingerprint density at radius 3 is 2.00 bits per heavy atom. The summed E-state index contributed by atoms with van der Waals surface area (Å²) in [6, 6.07) is 0. The largest absolute Gasteiger partial charge is 0.391 e. The van der Waals surface area contributed by atoms with Crippen LogP contribution in [0.4, 0.5) is 0 Å². The van der Waals surface area contributed by atoms with Gasteiger partial charge in [0.25, 0.3) is 0 Å². The fraction of sp³-hybridized carbons (Fsp3) is 1.00. The van der Waals surface area contributed by atoms with Gasteiger partial charge in [-0.05, 0) is 25.7 Å². The van der Waals surface area contributed by atoms with Crippen molar-refractivity contribution in [1.29, 1.82) is 0 Å². The number of rotatable bonds is 5. The second-order valence-electron chi connectivity index (χ2n) is 5.39. The second kappa shape index (κ2) is 5.13. The Hall–Kier alpha value is -0.0800. The predicted octanol–water partition coefficient (Wildman–Crippen LogP) is 2.99. The van der Waals surface area contributed by atoms with Crippen molar-refractivity contribution >= 4 is 0 Å². The van der Waals surface area contributed by atoms with Crippen LogP contribution < -0.4 is 0 Å².